The summed E-state index contributed by atoms with van der Waals surface area (Å²) in [4.78, 5) is 3.95. The van der Waals surface area contributed by atoms with Crippen molar-refractivity contribution in [2.24, 2.45) is 0 Å². The van der Waals surface area contributed by atoms with Crippen LogP contribution in [0.2, 0.25) is 5.02 Å². The van der Waals surface area contributed by atoms with Gasteiger partial charge in [0.05, 0.1) is 6.10 Å². The van der Waals surface area contributed by atoms with Gasteiger partial charge in [0.25, 0.3) is 0 Å². The van der Waals surface area contributed by atoms with Gasteiger partial charge in [-0.2, -0.15) is 0 Å². The first-order chi connectivity index (χ1) is 8.18. The lowest BCUT2D eigenvalue weighted by atomic mass is 10.0. The van der Waals surface area contributed by atoms with Crippen LogP contribution in [0.1, 0.15) is 17.2 Å². The molecular formula is C13H13ClN2O. The number of hydrogen-bond acceptors (Lipinski definition) is 3. The van der Waals surface area contributed by atoms with E-state index >= 15 is 0 Å². The van der Waals surface area contributed by atoms with Crippen molar-refractivity contribution in [3.63, 3.8) is 0 Å². The second-order valence-corrected chi connectivity index (χ2v) is 4.20. The molecule has 0 spiro atoms. The first-order valence-corrected chi connectivity index (χ1v) is 5.68. The summed E-state index contributed by atoms with van der Waals surface area (Å²) in [6.45, 7) is 0. The van der Waals surface area contributed by atoms with Crippen LogP contribution in [-0.4, -0.2) is 10.1 Å². The van der Waals surface area contributed by atoms with Crippen molar-refractivity contribution in [1.82, 2.24) is 4.98 Å². The summed E-state index contributed by atoms with van der Waals surface area (Å²) >= 11 is 6.04. The molecule has 0 aliphatic rings. The van der Waals surface area contributed by atoms with Crippen molar-refractivity contribution in [2.75, 3.05) is 5.73 Å². The summed E-state index contributed by atoms with van der Waals surface area (Å²) < 4.78 is 0. The second-order valence-electron chi connectivity index (χ2n) is 3.79. The van der Waals surface area contributed by atoms with Crippen molar-refractivity contribution in [1.29, 1.82) is 0 Å². The Morgan fingerprint density at radius 2 is 2.00 bits per heavy atom. The molecule has 88 valence electrons. The van der Waals surface area contributed by atoms with Gasteiger partial charge in [-0.05, 0) is 17.7 Å². The van der Waals surface area contributed by atoms with Crippen LogP contribution in [0.25, 0.3) is 0 Å². The molecule has 1 aromatic carbocycles. The Hall–Kier alpha value is -1.58. The largest absolute Gasteiger partial charge is 0.388 e. The number of anilines is 1. The van der Waals surface area contributed by atoms with Gasteiger partial charge < -0.3 is 10.8 Å². The number of nitrogens with zero attached hydrogens (tertiary/aromatic N) is 1. The Morgan fingerprint density at radius 3 is 2.71 bits per heavy atom. The Kier molecular flexibility index (Phi) is 3.61. The van der Waals surface area contributed by atoms with Crippen molar-refractivity contribution >= 4 is 17.4 Å². The highest BCUT2D eigenvalue weighted by Crippen LogP contribution is 2.25. The quantitative estimate of drug-likeness (QED) is 0.878. The summed E-state index contributed by atoms with van der Waals surface area (Å²) in [5, 5.41) is 10.7. The molecule has 17 heavy (non-hydrogen) atoms. The molecule has 0 aliphatic heterocycles. The zero-order chi connectivity index (χ0) is 12.3. The number of nitrogens with two attached hydrogens (primary N) is 1. The van der Waals surface area contributed by atoms with Crippen LogP contribution >= 0.6 is 11.6 Å². The normalized spacial score (nSPS) is 12.4. The molecule has 2 aromatic rings. The predicted molar refractivity (Wildman–Crippen MR) is 68.8 cm³/mol. The lowest BCUT2D eigenvalue weighted by molar-refractivity contribution is 0.179. The van der Waals surface area contributed by atoms with E-state index in [0.29, 0.717) is 22.8 Å². The Balaban J connectivity index is 2.20. The Labute approximate surface area is 105 Å². The van der Waals surface area contributed by atoms with Crippen molar-refractivity contribution in [3.05, 3.63) is 58.7 Å². The maximum atomic E-state index is 10.1. The van der Waals surface area contributed by atoms with E-state index in [1.165, 1.54) is 0 Å². The van der Waals surface area contributed by atoms with Gasteiger partial charge in [-0.25, -0.2) is 4.98 Å². The molecule has 1 heterocycles. The molecule has 1 unspecified atom stereocenters. The Morgan fingerprint density at radius 1 is 1.24 bits per heavy atom. The maximum absolute atomic E-state index is 10.1. The highest BCUT2D eigenvalue weighted by molar-refractivity contribution is 6.31. The molecule has 0 radical (unpaired) electrons. The third kappa shape index (κ3) is 2.75. The minimum absolute atomic E-state index is 0.354. The topological polar surface area (TPSA) is 59.1 Å². The van der Waals surface area contributed by atoms with Gasteiger partial charge in [0, 0.05) is 23.2 Å². The molecule has 1 aromatic heterocycles. The molecule has 0 fully saturated rings. The smallest absolute Gasteiger partial charge is 0.129 e. The van der Waals surface area contributed by atoms with Gasteiger partial charge in [-0.15, -0.1) is 0 Å². The molecule has 0 bridgehead atoms. The van der Waals surface area contributed by atoms with E-state index in [1.807, 2.05) is 18.2 Å². The average molecular weight is 249 g/mol. The fourth-order valence-corrected chi connectivity index (χ4v) is 1.91. The minimum Gasteiger partial charge on any atom is -0.388 e. The van der Waals surface area contributed by atoms with Crippen LogP contribution in [0.15, 0.2) is 42.6 Å². The van der Waals surface area contributed by atoms with Crippen LogP contribution in [0.4, 0.5) is 5.82 Å². The van der Waals surface area contributed by atoms with Gasteiger partial charge >= 0.3 is 0 Å². The molecule has 2 rings (SSSR count). The highest BCUT2D eigenvalue weighted by atomic mass is 35.5. The SMILES string of the molecule is Nc1ncccc1C(O)Cc1ccccc1Cl. The first kappa shape index (κ1) is 11.9. The lowest BCUT2D eigenvalue weighted by Gasteiger charge is -2.13. The van der Waals surface area contributed by atoms with E-state index < -0.39 is 6.10 Å². The molecule has 4 heteroatoms. The van der Waals surface area contributed by atoms with E-state index in [2.05, 4.69) is 4.98 Å². The number of halogens is 1. The molecular weight excluding hydrogens is 236 g/mol. The number of aliphatic hydroxyl groups is 1. The van der Waals surface area contributed by atoms with Crippen molar-refractivity contribution < 1.29 is 5.11 Å². The number of aromatic nitrogens is 1. The molecule has 0 saturated carbocycles. The number of nitrogen functional groups attached to an aromatic ring is 1. The van der Waals surface area contributed by atoms with E-state index in [4.69, 9.17) is 17.3 Å². The first-order valence-electron chi connectivity index (χ1n) is 5.30. The van der Waals surface area contributed by atoms with Crippen LogP contribution in [0.3, 0.4) is 0 Å². The van der Waals surface area contributed by atoms with Gasteiger partial charge in [0.2, 0.25) is 0 Å². The summed E-state index contributed by atoms with van der Waals surface area (Å²) in [6, 6.07) is 11.0. The standard InChI is InChI=1S/C13H13ClN2O/c14-11-6-2-1-4-9(11)8-12(17)10-5-3-7-16-13(10)15/h1-7,12,17H,8H2,(H2,15,16). The van der Waals surface area contributed by atoms with E-state index in [1.54, 1.807) is 24.4 Å². The molecule has 1 atom stereocenters. The molecule has 0 saturated heterocycles. The molecule has 3 nitrogen and oxygen atoms in total. The monoisotopic (exact) mass is 248 g/mol. The summed E-state index contributed by atoms with van der Waals surface area (Å²) in [7, 11) is 0. The Bertz CT molecular complexity index is 516. The maximum Gasteiger partial charge on any atom is 0.129 e. The van der Waals surface area contributed by atoms with Crippen LogP contribution < -0.4 is 5.73 Å². The van der Waals surface area contributed by atoms with E-state index in [0.717, 1.165) is 5.56 Å². The molecule has 0 amide bonds. The van der Waals surface area contributed by atoms with Crippen LogP contribution in [0, 0.1) is 0 Å². The highest BCUT2D eigenvalue weighted by Gasteiger charge is 2.13. The minimum atomic E-state index is -0.691. The van der Waals surface area contributed by atoms with Crippen LogP contribution in [-0.2, 0) is 6.42 Å². The van der Waals surface area contributed by atoms with Crippen molar-refractivity contribution in [3.8, 4) is 0 Å². The fourth-order valence-electron chi connectivity index (χ4n) is 1.69. The number of pyridine rings is 1. The number of benzene rings is 1. The van der Waals surface area contributed by atoms with Gasteiger partial charge in [0.1, 0.15) is 5.82 Å². The zero-order valence-corrected chi connectivity index (χ0v) is 9.93. The number of hydrogen-bond donors (Lipinski definition) is 2. The summed E-state index contributed by atoms with van der Waals surface area (Å²) in [5.74, 6) is 0.354. The number of rotatable bonds is 3. The third-order valence-electron chi connectivity index (χ3n) is 2.60. The van der Waals surface area contributed by atoms with Crippen molar-refractivity contribution in [2.45, 2.75) is 12.5 Å². The lowest BCUT2D eigenvalue weighted by Crippen LogP contribution is -2.06. The van der Waals surface area contributed by atoms with Gasteiger partial charge in [-0.3, -0.25) is 0 Å². The number of aliphatic hydroxyl groups excluding tert-OH is 1. The predicted octanol–water partition coefficient (Wildman–Crippen LogP) is 2.59. The second kappa shape index (κ2) is 5.17. The average Bonchev–Trinajstić information content (AvgIpc) is 2.32. The van der Waals surface area contributed by atoms with E-state index in [-0.39, 0.29) is 0 Å². The summed E-state index contributed by atoms with van der Waals surface area (Å²) in [5.41, 5.74) is 7.23. The molecule has 0 aliphatic carbocycles. The fraction of sp³-hybridized carbons (Fsp3) is 0.154. The molecule has 3 N–H and O–H groups in total. The third-order valence-corrected chi connectivity index (χ3v) is 2.97. The van der Waals surface area contributed by atoms with E-state index in [9.17, 15) is 5.11 Å². The van der Waals surface area contributed by atoms with Gasteiger partial charge in [0.15, 0.2) is 0 Å². The van der Waals surface area contributed by atoms with Crippen LogP contribution in [0.5, 0.6) is 0 Å². The summed E-state index contributed by atoms with van der Waals surface area (Å²) in [6.07, 6.45) is 1.33. The zero-order valence-electron chi connectivity index (χ0n) is 9.18. The van der Waals surface area contributed by atoms with Gasteiger partial charge in [-0.1, -0.05) is 35.9 Å².